The molecule has 8 nitrogen and oxygen atoms in total. The Balaban J connectivity index is 1.52. The topological polar surface area (TPSA) is 136 Å². The van der Waals surface area contributed by atoms with E-state index >= 15 is 0 Å². The van der Waals surface area contributed by atoms with E-state index in [0.717, 1.165) is 16.6 Å². The Bertz CT molecular complexity index is 1400. The van der Waals surface area contributed by atoms with Crippen LogP contribution in [0.2, 0.25) is 0 Å². The number of para-hydroxylation sites is 2. The zero-order chi connectivity index (χ0) is 22.7. The SMILES string of the molecule is NC(=O)C=Cc1ccc2c(c1)[nH]c(=O)n2Cc1ccc(C(=O)Nc2ccccc2N)cc1. The minimum Gasteiger partial charge on any atom is -0.397 e. The summed E-state index contributed by atoms with van der Waals surface area (Å²) in [6.45, 7) is 0.336. The van der Waals surface area contributed by atoms with Gasteiger partial charge in [-0.1, -0.05) is 30.3 Å². The minimum absolute atomic E-state index is 0.252. The number of aromatic amines is 1. The number of aromatic nitrogens is 2. The van der Waals surface area contributed by atoms with Crippen LogP contribution in [0.15, 0.2) is 77.6 Å². The Hall–Kier alpha value is -4.59. The molecule has 0 bridgehead atoms. The van der Waals surface area contributed by atoms with E-state index in [9.17, 15) is 14.4 Å². The number of nitrogens with zero attached hydrogens (tertiary/aromatic N) is 1. The smallest absolute Gasteiger partial charge is 0.326 e. The Morgan fingerprint density at radius 1 is 1.03 bits per heavy atom. The number of benzene rings is 3. The van der Waals surface area contributed by atoms with Crippen molar-refractivity contribution in [2.45, 2.75) is 6.54 Å². The first-order chi connectivity index (χ1) is 15.4. The van der Waals surface area contributed by atoms with Crippen LogP contribution in [0.4, 0.5) is 11.4 Å². The molecule has 32 heavy (non-hydrogen) atoms. The van der Waals surface area contributed by atoms with Crippen LogP contribution in [-0.2, 0) is 11.3 Å². The molecule has 0 aliphatic heterocycles. The van der Waals surface area contributed by atoms with Crippen LogP contribution < -0.4 is 22.5 Å². The maximum absolute atomic E-state index is 12.5. The number of carbonyl (C=O) groups excluding carboxylic acids is 2. The van der Waals surface area contributed by atoms with Gasteiger partial charge < -0.3 is 21.8 Å². The molecular formula is C24H21N5O3. The van der Waals surface area contributed by atoms with Gasteiger partial charge in [0.25, 0.3) is 5.91 Å². The summed E-state index contributed by atoms with van der Waals surface area (Å²) in [5.74, 6) is -0.809. The first-order valence-electron chi connectivity index (χ1n) is 9.85. The molecule has 0 aliphatic rings. The molecule has 3 aromatic carbocycles. The fraction of sp³-hybridized carbons (Fsp3) is 0.0417. The predicted octanol–water partition coefficient (Wildman–Crippen LogP) is 2.71. The normalized spacial score (nSPS) is 11.1. The third-order valence-electron chi connectivity index (χ3n) is 5.00. The van der Waals surface area contributed by atoms with Crippen molar-refractivity contribution in [3.05, 3.63) is 100.0 Å². The molecule has 1 heterocycles. The van der Waals surface area contributed by atoms with Crippen molar-refractivity contribution in [1.82, 2.24) is 9.55 Å². The van der Waals surface area contributed by atoms with Gasteiger partial charge in [0.1, 0.15) is 0 Å². The lowest BCUT2D eigenvalue weighted by Gasteiger charge is -2.09. The van der Waals surface area contributed by atoms with Crippen LogP contribution in [0.5, 0.6) is 0 Å². The van der Waals surface area contributed by atoms with E-state index in [1.807, 2.05) is 0 Å². The molecule has 0 spiro atoms. The largest absolute Gasteiger partial charge is 0.397 e. The molecule has 0 aliphatic carbocycles. The molecule has 6 N–H and O–H groups in total. The highest BCUT2D eigenvalue weighted by atomic mass is 16.2. The molecule has 8 heteroatoms. The number of nitrogens with one attached hydrogen (secondary N) is 2. The average Bonchev–Trinajstić information content (AvgIpc) is 3.08. The summed E-state index contributed by atoms with van der Waals surface area (Å²) in [5.41, 5.74) is 15.3. The summed E-state index contributed by atoms with van der Waals surface area (Å²) < 4.78 is 1.61. The van der Waals surface area contributed by atoms with E-state index in [4.69, 9.17) is 11.5 Å². The van der Waals surface area contributed by atoms with Gasteiger partial charge in [-0.15, -0.1) is 0 Å². The van der Waals surface area contributed by atoms with E-state index in [1.54, 1.807) is 77.4 Å². The van der Waals surface area contributed by atoms with Gasteiger partial charge in [0.05, 0.1) is 29.0 Å². The van der Waals surface area contributed by atoms with Gasteiger partial charge >= 0.3 is 5.69 Å². The highest BCUT2D eigenvalue weighted by Gasteiger charge is 2.10. The van der Waals surface area contributed by atoms with Crippen molar-refractivity contribution in [3.8, 4) is 0 Å². The van der Waals surface area contributed by atoms with Gasteiger partial charge in [0.2, 0.25) is 5.91 Å². The van der Waals surface area contributed by atoms with E-state index in [0.29, 0.717) is 29.0 Å². The van der Waals surface area contributed by atoms with Crippen molar-refractivity contribution in [3.63, 3.8) is 0 Å². The lowest BCUT2D eigenvalue weighted by atomic mass is 10.1. The number of nitrogen functional groups attached to an aromatic ring is 1. The first kappa shape index (κ1) is 20.7. The fourth-order valence-electron chi connectivity index (χ4n) is 3.37. The van der Waals surface area contributed by atoms with Gasteiger partial charge in [-0.05, 0) is 53.6 Å². The number of hydrogen-bond donors (Lipinski definition) is 4. The summed E-state index contributed by atoms with van der Waals surface area (Å²) in [5, 5.41) is 2.79. The van der Waals surface area contributed by atoms with Crippen LogP contribution in [0.25, 0.3) is 17.1 Å². The van der Waals surface area contributed by atoms with E-state index in [-0.39, 0.29) is 11.6 Å². The van der Waals surface area contributed by atoms with Crippen LogP contribution in [-0.4, -0.2) is 21.4 Å². The zero-order valence-corrected chi connectivity index (χ0v) is 17.0. The van der Waals surface area contributed by atoms with Gasteiger partial charge in [0.15, 0.2) is 0 Å². The molecule has 1 aromatic heterocycles. The third kappa shape index (κ3) is 4.44. The number of anilines is 2. The number of hydrogen-bond acceptors (Lipinski definition) is 4. The molecule has 0 atom stereocenters. The number of fused-ring (bicyclic) bond motifs is 1. The molecule has 0 saturated heterocycles. The summed E-state index contributed by atoms with van der Waals surface area (Å²) in [6.07, 6.45) is 2.85. The molecule has 4 aromatic rings. The Morgan fingerprint density at radius 3 is 2.50 bits per heavy atom. The Kier molecular flexibility index (Phi) is 5.59. The predicted molar refractivity (Wildman–Crippen MR) is 125 cm³/mol. The molecule has 160 valence electrons. The fourth-order valence-corrected chi connectivity index (χ4v) is 3.37. The minimum atomic E-state index is -0.541. The van der Waals surface area contributed by atoms with Crippen molar-refractivity contribution >= 4 is 40.3 Å². The maximum atomic E-state index is 12.5. The summed E-state index contributed by atoms with van der Waals surface area (Å²) in [6, 6.07) is 19.4. The molecule has 2 amide bonds. The number of rotatable bonds is 6. The summed E-state index contributed by atoms with van der Waals surface area (Å²) in [4.78, 5) is 38.7. The molecule has 0 saturated carbocycles. The number of imidazole rings is 1. The van der Waals surface area contributed by atoms with E-state index < -0.39 is 5.91 Å². The van der Waals surface area contributed by atoms with Crippen LogP contribution >= 0.6 is 0 Å². The first-order valence-corrected chi connectivity index (χ1v) is 9.85. The van der Waals surface area contributed by atoms with Crippen molar-refractivity contribution in [2.24, 2.45) is 5.73 Å². The Morgan fingerprint density at radius 2 is 1.78 bits per heavy atom. The second-order valence-electron chi connectivity index (χ2n) is 7.27. The van der Waals surface area contributed by atoms with Crippen LogP contribution in [0.3, 0.4) is 0 Å². The van der Waals surface area contributed by atoms with Gasteiger partial charge in [-0.25, -0.2) is 4.79 Å². The zero-order valence-electron chi connectivity index (χ0n) is 17.0. The molecule has 0 unspecified atom stereocenters. The second kappa shape index (κ2) is 8.65. The van der Waals surface area contributed by atoms with E-state index in [2.05, 4.69) is 10.3 Å². The third-order valence-corrected chi connectivity index (χ3v) is 5.00. The average molecular weight is 427 g/mol. The molecule has 4 rings (SSSR count). The summed E-state index contributed by atoms with van der Waals surface area (Å²) >= 11 is 0. The van der Waals surface area contributed by atoms with Crippen molar-refractivity contribution in [1.29, 1.82) is 0 Å². The van der Waals surface area contributed by atoms with Crippen LogP contribution in [0.1, 0.15) is 21.5 Å². The van der Waals surface area contributed by atoms with Gasteiger partial charge in [-0.2, -0.15) is 0 Å². The Labute approximate surface area is 183 Å². The number of primary amides is 1. The van der Waals surface area contributed by atoms with Crippen LogP contribution in [0, 0.1) is 0 Å². The highest BCUT2D eigenvalue weighted by molar-refractivity contribution is 6.05. The standard InChI is InChI=1S/C24H21N5O3/c25-18-3-1-2-4-19(18)27-23(31)17-9-5-16(6-10-17)14-29-21-11-7-15(8-12-22(26)30)13-20(21)28-24(29)32/h1-13H,14,25H2,(H2,26,30)(H,27,31)(H,28,32). The molecule has 0 fully saturated rings. The van der Waals surface area contributed by atoms with Crippen molar-refractivity contribution < 1.29 is 9.59 Å². The second-order valence-corrected chi connectivity index (χ2v) is 7.27. The maximum Gasteiger partial charge on any atom is 0.326 e. The lowest BCUT2D eigenvalue weighted by Crippen LogP contribution is -2.17. The number of nitrogens with two attached hydrogens (primary N) is 2. The van der Waals surface area contributed by atoms with E-state index in [1.165, 1.54) is 6.08 Å². The lowest BCUT2D eigenvalue weighted by molar-refractivity contribution is -0.113. The molecule has 0 radical (unpaired) electrons. The quantitative estimate of drug-likeness (QED) is 0.278. The summed E-state index contributed by atoms with van der Waals surface area (Å²) in [7, 11) is 0. The monoisotopic (exact) mass is 427 g/mol. The van der Waals surface area contributed by atoms with Gasteiger partial charge in [0, 0.05) is 11.6 Å². The highest BCUT2D eigenvalue weighted by Crippen LogP contribution is 2.19. The van der Waals surface area contributed by atoms with Crippen molar-refractivity contribution in [2.75, 3.05) is 11.1 Å². The number of H-pyrrole nitrogens is 1. The molecular weight excluding hydrogens is 406 g/mol. The number of amides is 2. The van der Waals surface area contributed by atoms with Gasteiger partial charge in [-0.3, -0.25) is 14.2 Å². The number of carbonyl (C=O) groups is 2.